The summed E-state index contributed by atoms with van der Waals surface area (Å²) in [7, 11) is 0. The van der Waals surface area contributed by atoms with Gasteiger partial charge in [0.1, 0.15) is 22.5 Å². The van der Waals surface area contributed by atoms with E-state index in [1.807, 2.05) is 0 Å². The molecule has 0 heterocycles. The number of rotatable bonds is 0. The zero-order chi connectivity index (χ0) is 9.30. The van der Waals surface area contributed by atoms with Crippen LogP contribution in [0.15, 0.2) is 10.5 Å². The average molecular weight is 252 g/mol. The van der Waals surface area contributed by atoms with Crippen LogP contribution in [0.4, 0.5) is 8.78 Å². The molecule has 0 amide bonds. The number of hydrogen-bond acceptors (Lipinski definition) is 1. The lowest BCUT2D eigenvalue weighted by Crippen LogP contribution is -1.90. The lowest BCUT2D eigenvalue weighted by molar-refractivity contribution is 0.580. The van der Waals surface area contributed by atoms with Crippen LogP contribution in [0.25, 0.3) is 0 Å². The highest BCUT2D eigenvalue weighted by Crippen LogP contribution is 2.27. The van der Waals surface area contributed by atoms with Crippen molar-refractivity contribution in [1.29, 1.82) is 5.26 Å². The van der Waals surface area contributed by atoms with Gasteiger partial charge in [-0.1, -0.05) is 11.6 Å². The largest absolute Gasteiger partial charge is 0.205 e. The molecule has 1 nitrogen and oxygen atoms in total. The minimum Gasteiger partial charge on any atom is -0.205 e. The zero-order valence-electron chi connectivity index (χ0n) is 5.54. The van der Waals surface area contributed by atoms with Gasteiger partial charge in [-0.3, -0.25) is 0 Å². The molecule has 12 heavy (non-hydrogen) atoms. The van der Waals surface area contributed by atoms with Crippen LogP contribution < -0.4 is 0 Å². The first-order chi connectivity index (χ1) is 5.57. The molecule has 62 valence electrons. The molecular formula is C7HBrClF2N. The van der Waals surface area contributed by atoms with E-state index in [1.54, 1.807) is 6.07 Å². The maximum absolute atomic E-state index is 12.9. The van der Waals surface area contributed by atoms with Crippen molar-refractivity contribution < 1.29 is 8.78 Å². The summed E-state index contributed by atoms with van der Waals surface area (Å²) >= 11 is 8.04. The van der Waals surface area contributed by atoms with Crippen molar-refractivity contribution in [2.24, 2.45) is 0 Å². The van der Waals surface area contributed by atoms with E-state index < -0.39 is 16.7 Å². The lowest BCUT2D eigenvalue weighted by atomic mass is 10.2. The first-order valence-electron chi connectivity index (χ1n) is 2.81. The van der Waals surface area contributed by atoms with Crippen molar-refractivity contribution in [2.75, 3.05) is 0 Å². The number of nitriles is 1. The summed E-state index contributed by atoms with van der Waals surface area (Å²) in [6.45, 7) is 0. The Balaban J connectivity index is 3.54. The van der Waals surface area contributed by atoms with E-state index in [2.05, 4.69) is 15.9 Å². The van der Waals surface area contributed by atoms with Crippen molar-refractivity contribution in [3.63, 3.8) is 0 Å². The van der Waals surface area contributed by atoms with Crippen molar-refractivity contribution >= 4 is 27.5 Å². The predicted molar refractivity (Wildman–Crippen MR) is 43.8 cm³/mol. The van der Waals surface area contributed by atoms with Crippen LogP contribution in [-0.4, -0.2) is 0 Å². The SMILES string of the molecule is N#Cc1c(Br)cc(F)c(Cl)c1F. The maximum atomic E-state index is 12.9. The summed E-state index contributed by atoms with van der Waals surface area (Å²) in [6, 6.07) is 2.51. The normalized spacial score (nSPS) is 9.58. The Bertz CT molecular complexity index is 373. The Kier molecular flexibility index (Phi) is 2.65. The highest BCUT2D eigenvalue weighted by atomic mass is 79.9. The third-order valence-electron chi connectivity index (χ3n) is 1.23. The van der Waals surface area contributed by atoms with Gasteiger partial charge in [0.25, 0.3) is 0 Å². The fourth-order valence-electron chi connectivity index (χ4n) is 0.669. The molecule has 5 heteroatoms. The molecule has 0 radical (unpaired) electrons. The van der Waals surface area contributed by atoms with Crippen molar-refractivity contribution in [2.45, 2.75) is 0 Å². The zero-order valence-corrected chi connectivity index (χ0v) is 7.88. The number of nitrogens with zero attached hydrogens (tertiary/aromatic N) is 1. The molecule has 0 unspecified atom stereocenters. The Morgan fingerprint density at radius 1 is 1.50 bits per heavy atom. The van der Waals surface area contributed by atoms with E-state index >= 15 is 0 Å². The number of hydrogen-bond donors (Lipinski definition) is 0. The van der Waals surface area contributed by atoms with Gasteiger partial charge in [-0.05, 0) is 22.0 Å². The summed E-state index contributed by atoms with van der Waals surface area (Å²) in [6.07, 6.45) is 0. The van der Waals surface area contributed by atoms with Gasteiger partial charge in [0, 0.05) is 4.47 Å². The molecule has 1 rings (SSSR count). The van der Waals surface area contributed by atoms with E-state index in [4.69, 9.17) is 16.9 Å². The van der Waals surface area contributed by atoms with Crippen molar-refractivity contribution in [1.82, 2.24) is 0 Å². The van der Waals surface area contributed by atoms with Crippen LogP contribution in [0.2, 0.25) is 5.02 Å². The molecule has 0 bridgehead atoms. The molecular weight excluding hydrogens is 251 g/mol. The Morgan fingerprint density at radius 3 is 2.58 bits per heavy atom. The molecule has 0 aromatic heterocycles. The molecule has 1 aromatic rings. The Morgan fingerprint density at radius 2 is 2.08 bits per heavy atom. The molecule has 0 aliphatic rings. The predicted octanol–water partition coefficient (Wildman–Crippen LogP) is 3.25. The fraction of sp³-hybridized carbons (Fsp3) is 0. The summed E-state index contributed by atoms with van der Waals surface area (Å²) in [5.41, 5.74) is -0.290. The number of benzene rings is 1. The topological polar surface area (TPSA) is 23.8 Å². The maximum Gasteiger partial charge on any atom is 0.163 e. The van der Waals surface area contributed by atoms with Gasteiger partial charge in [-0.25, -0.2) is 8.78 Å². The van der Waals surface area contributed by atoms with Gasteiger partial charge >= 0.3 is 0 Å². The second kappa shape index (κ2) is 3.38. The van der Waals surface area contributed by atoms with Gasteiger partial charge in [0.05, 0.1) is 0 Å². The highest BCUT2D eigenvalue weighted by Gasteiger charge is 2.15. The molecule has 0 fully saturated rings. The molecule has 0 atom stereocenters. The van der Waals surface area contributed by atoms with Crippen LogP contribution in [0.1, 0.15) is 5.56 Å². The van der Waals surface area contributed by atoms with E-state index in [0.717, 1.165) is 6.07 Å². The van der Waals surface area contributed by atoms with Gasteiger partial charge in [-0.2, -0.15) is 5.26 Å². The van der Waals surface area contributed by atoms with E-state index in [0.29, 0.717) is 0 Å². The molecule has 0 saturated heterocycles. The summed E-state index contributed by atoms with van der Waals surface area (Å²) in [4.78, 5) is 0. The molecule has 1 aromatic carbocycles. The van der Waals surface area contributed by atoms with Crippen LogP contribution in [0.5, 0.6) is 0 Å². The van der Waals surface area contributed by atoms with Crippen LogP contribution >= 0.6 is 27.5 Å². The van der Waals surface area contributed by atoms with E-state index in [-0.39, 0.29) is 10.0 Å². The van der Waals surface area contributed by atoms with Crippen molar-refractivity contribution in [3.8, 4) is 6.07 Å². The van der Waals surface area contributed by atoms with Gasteiger partial charge in [0.15, 0.2) is 5.82 Å². The summed E-state index contributed by atoms with van der Waals surface area (Å²) in [5, 5.41) is 7.76. The Labute approximate surface area is 80.7 Å². The van der Waals surface area contributed by atoms with Gasteiger partial charge in [0.2, 0.25) is 0 Å². The van der Waals surface area contributed by atoms with Gasteiger partial charge < -0.3 is 0 Å². The second-order valence-corrected chi connectivity index (χ2v) is 3.19. The monoisotopic (exact) mass is 251 g/mol. The smallest absolute Gasteiger partial charge is 0.163 e. The summed E-state index contributed by atoms with van der Waals surface area (Å²) < 4.78 is 25.6. The van der Waals surface area contributed by atoms with Crippen LogP contribution in [0, 0.1) is 23.0 Å². The quantitative estimate of drug-likeness (QED) is 0.513. The van der Waals surface area contributed by atoms with Crippen molar-refractivity contribution in [3.05, 3.63) is 32.8 Å². The Hall–Kier alpha value is -0.660. The average Bonchev–Trinajstić information content (AvgIpc) is 2.01. The lowest BCUT2D eigenvalue weighted by Gasteiger charge is -2.00. The minimum absolute atomic E-state index is 0.0596. The standard InChI is InChI=1S/C7HBrClF2N/c8-4-1-5(10)6(9)7(11)3(4)2-12/h1H. The molecule has 0 saturated carbocycles. The third kappa shape index (κ3) is 1.43. The minimum atomic E-state index is -1.04. The first kappa shape index (κ1) is 9.43. The van der Waals surface area contributed by atoms with E-state index in [1.165, 1.54) is 0 Å². The molecule has 0 aliphatic carbocycles. The van der Waals surface area contributed by atoms with Crippen LogP contribution in [0.3, 0.4) is 0 Å². The fourth-order valence-corrected chi connectivity index (χ4v) is 1.28. The van der Waals surface area contributed by atoms with Crippen LogP contribution in [-0.2, 0) is 0 Å². The molecule has 0 spiro atoms. The summed E-state index contributed by atoms with van der Waals surface area (Å²) in [5.74, 6) is -1.92. The van der Waals surface area contributed by atoms with E-state index in [9.17, 15) is 8.78 Å². The second-order valence-electron chi connectivity index (χ2n) is 1.95. The molecule has 0 aliphatic heterocycles. The first-order valence-corrected chi connectivity index (χ1v) is 3.98. The highest BCUT2D eigenvalue weighted by molar-refractivity contribution is 9.10. The third-order valence-corrected chi connectivity index (χ3v) is 2.20. The number of halogens is 4. The molecule has 0 N–H and O–H groups in total. The van der Waals surface area contributed by atoms with Gasteiger partial charge in [-0.15, -0.1) is 0 Å².